The van der Waals surface area contributed by atoms with Crippen LogP contribution in [0.3, 0.4) is 0 Å². The first-order chi connectivity index (χ1) is 4.11. The van der Waals surface area contributed by atoms with Crippen LogP contribution in [0.2, 0.25) is 0 Å². The third-order valence-corrected chi connectivity index (χ3v) is 2.52. The highest BCUT2D eigenvalue weighted by molar-refractivity contribution is 7.86. The van der Waals surface area contributed by atoms with E-state index in [1.807, 2.05) is 0 Å². The maximum absolute atomic E-state index is 10.3. The molecule has 1 saturated heterocycles. The van der Waals surface area contributed by atoms with Gasteiger partial charge in [-0.1, -0.05) is 0 Å². The first kappa shape index (κ1) is 10.2. The zero-order chi connectivity index (χ0) is 6.91. The van der Waals surface area contributed by atoms with E-state index in [4.69, 9.17) is 9.29 Å². The highest BCUT2D eigenvalue weighted by Gasteiger charge is 2.27. The summed E-state index contributed by atoms with van der Waals surface area (Å²) in [6.07, 6.45) is 0.416. The van der Waals surface area contributed by atoms with Crippen LogP contribution in [0.15, 0.2) is 0 Å². The Morgan fingerprint density at radius 1 is 1.50 bits per heavy atom. The predicted molar refractivity (Wildman–Crippen MR) is 38.0 cm³/mol. The Bertz CT molecular complexity index is 181. The summed E-state index contributed by atoms with van der Waals surface area (Å²) in [4.78, 5) is 0. The van der Waals surface area contributed by atoms with Crippen LogP contribution in [0.1, 0.15) is 6.42 Å². The molecule has 0 aliphatic carbocycles. The van der Waals surface area contributed by atoms with Gasteiger partial charge in [-0.3, -0.25) is 4.55 Å². The third-order valence-electron chi connectivity index (χ3n) is 1.31. The van der Waals surface area contributed by atoms with E-state index in [1.54, 1.807) is 0 Å². The van der Waals surface area contributed by atoms with Gasteiger partial charge in [-0.15, -0.1) is 12.4 Å². The van der Waals surface area contributed by atoms with Gasteiger partial charge in [0.2, 0.25) is 0 Å². The van der Waals surface area contributed by atoms with Crippen LogP contribution in [-0.2, 0) is 14.9 Å². The molecule has 0 amide bonds. The minimum Gasteiger partial charge on any atom is -0.380 e. The van der Waals surface area contributed by atoms with E-state index in [0.29, 0.717) is 13.0 Å². The molecule has 1 heterocycles. The smallest absolute Gasteiger partial charge is 0.270 e. The van der Waals surface area contributed by atoms with Gasteiger partial charge < -0.3 is 4.74 Å². The second-order valence-corrected chi connectivity index (χ2v) is 3.70. The summed E-state index contributed by atoms with van der Waals surface area (Å²) >= 11 is 0. The molecule has 1 aliphatic rings. The van der Waals surface area contributed by atoms with Gasteiger partial charge in [-0.05, 0) is 6.42 Å². The van der Waals surface area contributed by atoms with Crippen molar-refractivity contribution in [1.29, 1.82) is 0 Å². The van der Waals surface area contributed by atoms with Crippen LogP contribution in [0.5, 0.6) is 0 Å². The van der Waals surface area contributed by atoms with E-state index < -0.39 is 15.4 Å². The van der Waals surface area contributed by atoms with Crippen LogP contribution >= 0.6 is 12.4 Å². The molecule has 10 heavy (non-hydrogen) atoms. The van der Waals surface area contributed by atoms with E-state index in [2.05, 4.69) is 0 Å². The molecule has 1 N–H and O–H groups in total. The Balaban J connectivity index is 0.000000810. The molecule has 0 aromatic rings. The van der Waals surface area contributed by atoms with Crippen molar-refractivity contribution in [3.05, 3.63) is 0 Å². The summed E-state index contributed by atoms with van der Waals surface area (Å²) in [5, 5.41) is -0.683. The molecule has 0 spiro atoms. The lowest BCUT2D eigenvalue weighted by Crippen LogP contribution is -2.19. The second-order valence-electron chi connectivity index (χ2n) is 2.00. The largest absolute Gasteiger partial charge is 0.380 e. The highest BCUT2D eigenvalue weighted by Crippen LogP contribution is 2.11. The molecule has 62 valence electrons. The standard InChI is InChI=1S/C4H8O4S.ClH/c5-9(6,7)4-1-2-8-3-4;/h4H,1-3H2,(H,5,6,7);1H. The minimum atomic E-state index is -3.83. The van der Waals surface area contributed by atoms with Crippen LogP contribution in [0.4, 0.5) is 0 Å². The molecule has 0 bridgehead atoms. The van der Waals surface area contributed by atoms with Crippen molar-refractivity contribution in [3.8, 4) is 0 Å². The first-order valence-corrected chi connectivity index (χ1v) is 4.15. The summed E-state index contributed by atoms with van der Waals surface area (Å²) < 4.78 is 33.8. The summed E-state index contributed by atoms with van der Waals surface area (Å²) in [7, 11) is -3.83. The average Bonchev–Trinajstić information content (AvgIpc) is 2.08. The Kier molecular flexibility index (Phi) is 3.58. The molecule has 0 aromatic heterocycles. The van der Waals surface area contributed by atoms with Gasteiger partial charge in [0.25, 0.3) is 10.1 Å². The van der Waals surface area contributed by atoms with Crippen LogP contribution in [0.25, 0.3) is 0 Å². The maximum atomic E-state index is 10.3. The Hall–Kier alpha value is 0.160. The topological polar surface area (TPSA) is 63.6 Å². The van der Waals surface area contributed by atoms with Gasteiger partial charge in [0.1, 0.15) is 5.25 Å². The monoisotopic (exact) mass is 188 g/mol. The zero-order valence-corrected chi connectivity index (χ0v) is 6.82. The quantitative estimate of drug-likeness (QED) is 0.593. The Morgan fingerprint density at radius 3 is 2.30 bits per heavy atom. The first-order valence-electron chi connectivity index (χ1n) is 2.65. The highest BCUT2D eigenvalue weighted by atomic mass is 35.5. The lowest BCUT2D eigenvalue weighted by molar-refractivity contribution is 0.197. The molecule has 0 saturated carbocycles. The number of hydrogen-bond donors (Lipinski definition) is 1. The maximum Gasteiger partial charge on any atom is 0.270 e. The molecule has 4 nitrogen and oxygen atoms in total. The normalized spacial score (nSPS) is 25.9. The van der Waals surface area contributed by atoms with Gasteiger partial charge in [-0.25, -0.2) is 0 Å². The molecular weight excluding hydrogens is 180 g/mol. The summed E-state index contributed by atoms with van der Waals surface area (Å²) in [5.41, 5.74) is 0. The second kappa shape index (κ2) is 3.52. The van der Waals surface area contributed by atoms with Crippen LogP contribution in [-0.4, -0.2) is 31.4 Å². The van der Waals surface area contributed by atoms with Crippen molar-refractivity contribution in [1.82, 2.24) is 0 Å². The molecule has 0 aromatic carbocycles. The fraction of sp³-hybridized carbons (Fsp3) is 1.00. The number of halogens is 1. The van der Waals surface area contributed by atoms with Gasteiger partial charge in [-0.2, -0.15) is 8.42 Å². The Morgan fingerprint density at radius 2 is 2.10 bits per heavy atom. The summed E-state index contributed by atoms with van der Waals surface area (Å²) in [6.45, 7) is 0.573. The molecule has 1 atom stereocenters. The van der Waals surface area contributed by atoms with Crippen molar-refractivity contribution in [3.63, 3.8) is 0 Å². The van der Waals surface area contributed by atoms with Crippen LogP contribution < -0.4 is 0 Å². The van der Waals surface area contributed by atoms with Gasteiger partial charge in [0.15, 0.2) is 0 Å². The van der Waals surface area contributed by atoms with E-state index in [1.165, 1.54) is 0 Å². The molecule has 1 rings (SSSR count). The molecule has 1 unspecified atom stereocenters. The molecular formula is C4H9ClO4S. The van der Waals surface area contributed by atoms with E-state index in [9.17, 15) is 8.42 Å². The molecule has 0 radical (unpaired) electrons. The molecule has 1 aliphatic heterocycles. The summed E-state index contributed by atoms with van der Waals surface area (Å²) in [6, 6.07) is 0. The van der Waals surface area contributed by atoms with Crippen LogP contribution in [0, 0.1) is 0 Å². The van der Waals surface area contributed by atoms with Crippen molar-refractivity contribution in [2.75, 3.05) is 13.2 Å². The fourth-order valence-corrected chi connectivity index (χ4v) is 1.41. The minimum absolute atomic E-state index is 0. The lowest BCUT2D eigenvalue weighted by atomic mass is 10.4. The summed E-state index contributed by atoms with van der Waals surface area (Å²) in [5.74, 6) is 0. The third kappa shape index (κ3) is 2.42. The van der Waals surface area contributed by atoms with Crippen molar-refractivity contribution < 1.29 is 17.7 Å². The number of rotatable bonds is 1. The Labute approximate surface area is 65.7 Å². The lowest BCUT2D eigenvalue weighted by Gasteiger charge is -1.99. The SMILES string of the molecule is Cl.O=S(=O)(O)C1CCOC1. The number of ether oxygens (including phenoxy) is 1. The van der Waals surface area contributed by atoms with E-state index in [0.717, 1.165) is 0 Å². The van der Waals surface area contributed by atoms with Crippen molar-refractivity contribution in [2.24, 2.45) is 0 Å². The number of hydrogen-bond acceptors (Lipinski definition) is 3. The zero-order valence-electron chi connectivity index (χ0n) is 5.19. The van der Waals surface area contributed by atoms with E-state index >= 15 is 0 Å². The fourth-order valence-electron chi connectivity index (χ4n) is 0.748. The van der Waals surface area contributed by atoms with Gasteiger partial charge >= 0.3 is 0 Å². The molecule has 6 heteroatoms. The van der Waals surface area contributed by atoms with Crippen molar-refractivity contribution in [2.45, 2.75) is 11.7 Å². The van der Waals surface area contributed by atoms with E-state index in [-0.39, 0.29) is 19.0 Å². The van der Waals surface area contributed by atoms with Crippen molar-refractivity contribution >= 4 is 22.5 Å². The predicted octanol–water partition coefficient (Wildman–Crippen LogP) is 0.0849. The van der Waals surface area contributed by atoms with Gasteiger partial charge in [0, 0.05) is 6.61 Å². The van der Waals surface area contributed by atoms with Gasteiger partial charge in [0.05, 0.1) is 6.61 Å². The average molecular weight is 189 g/mol. The molecule has 1 fully saturated rings.